The summed E-state index contributed by atoms with van der Waals surface area (Å²) in [4.78, 5) is 0. The average molecular weight is 521 g/mol. The van der Waals surface area contributed by atoms with Crippen molar-refractivity contribution in [3.05, 3.63) is 86.9 Å². The molecule has 0 unspecified atom stereocenters. The van der Waals surface area contributed by atoms with Gasteiger partial charge in [-0.3, -0.25) is 0 Å². The molecule has 7 heteroatoms. The molecule has 168 valence electrons. The van der Waals surface area contributed by atoms with Crippen LogP contribution in [0.3, 0.4) is 0 Å². The lowest BCUT2D eigenvalue weighted by molar-refractivity contribution is 0.429. The van der Waals surface area contributed by atoms with Crippen LogP contribution in [0.2, 0.25) is 0 Å². The molecule has 0 aliphatic heterocycles. The van der Waals surface area contributed by atoms with E-state index in [1.54, 1.807) is 0 Å². The first-order valence-electron chi connectivity index (χ1n) is 10.6. The number of azo groups is 1. The molecule has 3 aromatic carbocycles. The van der Waals surface area contributed by atoms with Crippen LogP contribution < -0.4 is 5.32 Å². The van der Waals surface area contributed by atoms with Crippen molar-refractivity contribution >= 4 is 55.5 Å². The number of aromatic nitrogens is 1. The van der Waals surface area contributed by atoms with E-state index in [2.05, 4.69) is 69.6 Å². The van der Waals surface area contributed by atoms with Crippen molar-refractivity contribution in [1.82, 2.24) is 4.57 Å². The number of benzene rings is 3. The van der Waals surface area contributed by atoms with Crippen molar-refractivity contribution in [2.75, 3.05) is 5.32 Å². The molecular formula is C26H25BrN4OS. The van der Waals surface area contributed by atoms with E-state index in [1.807, 2.05) is 48.7 Å². The van der Waals surface area contributed by atoms with Gasteiger partial charge in [-0.2, -0.15) is 0 Å². The topological polar surface area (TPSA) is 61.9 Å². The van der Waals surface area contributed by atoms with E-state index in [0.29, 0.717) is 12.2 Å². The number of thiocarbonyl (C=S) groups is 1. The highest BCUT2D eigenvalue weighted by atomic mass is 79.9. The van der Waals surface area contributed by atoms with Crippen LogP contribution in [0.4, 0.5) is 11.4 Å². The second kappa shape index (κ2) is 9.45. The fourth-order valence-electron chi connectivity index (χ4n) is 4.12. The number of rotatable bonds is 4. The third kappa shape index (κ3) is 4.84. The highest BCUT2D eigenvalue weighted by molar-refractivity contribution is 9.10. The molecule has 0 aliphatic carbocycles. The predicted molar refractivity (Wildman–Crippen MR) is 143 cm³/mol. The molecule has 33 heavy (non-hydrogen) atoms. The fourth-order valence-corrected chi connectivity index (χ4v) is 4.62. The van der Waals surface area contributed by atoms with Gasteiger partial charge in [-0.05, 0) is 80.4 Å². The van der Waals surface area contributed by atoms with Crippen molar-refractivity contribution in [1.29, 1.82) is 0 Å². The molecule has 1 heterocycles. The number of hydrogen-bond acceptors (Lipinski definition) is 3. The highest BCUT2D eigenvalue weighted by Crippen LogP contribution is 2.40. The molecule has 0 saturated carbocycles. The highest BCUT2D eigenvalue weighted by Gasteiger charge is 2.18. The monoisotopic (exact) mass is 520 g/mol. The smallest absolute Gasteiger partial charge is 0.221 e. The summed E-state index contributed by atoms with van der Waals surface area (Å²) < 4.78 is 2.74. The predicted octanol–water partition coefficient (Wildman–Crippen LogP) is 7.87. The lowest BCUT2D eigenvalue weighted by Gasteiger charge is -2.12. The number of nitrogens with zero attached hydrogens (tertiary/aromatic N) is 3. The van der Waals surface area contributed by atoms with E-state index in [4.69, 9.17) is 12.2 Å². The minimum absolute atomic E-state index is 0.0561. The minimum Gasteiger partial charge on any atom is -0.493 e. The summed E-state index contributed by atoms with van der Waals surface area (Å²) in [7, 11) is 0. The van der Waals surface area contributed by atoms with Crippen molar-refractivity contribution < 1.29 is 5.11 Å². The van der Waals surface area contributed by atoms with Crippen molar-refractivity contribution in [2.24, 2.45) is 10.2 Å². The Morgan fingerprint density at radius 1 is 1.00 bits per heavy atom. The lowest BCUT2D eigenvalue weighted by atomic mass is 10.1. The SMILES string of the molecule is Cc1cc(C)c(NC(=S)N=Nc2c(O)n(Cc3ccccc3C)c3ccc(Br)cc23)c(C)c1. The Morgan fingerprint density at radius 2 is 1.70 bits per heavy atom. The largest absolute Gasteiger partial charge is 0.493 e. The molecule has 4 aromatic rings. The molecule has 0 atom stereocenters. The Hall–Kier alpha value is -3.03. The van der Waals surface area contributed by atoms with Gasteiger partial charge in [0.25, 0.3) is 0 Å². The van der Waals surface area contributed by atoms with Gasteiger partial charge in [-0.15, -0.1) is 10.2 Å². The Morgan fingerprint density at radius 3 is 2.39 bits per heavy atom. The summed E-state index contributed by atoms with van der Waals surface area (Å²) in [5, 5.41) is 23.9. The van der Waals surface area contributed by atoms with Gasteiger partial charge in [0, 0.05) is 15.5 Å². The van der Waals surface area contributed by atoms with E-state index in [-0.39, 0.29) is 11.0 Å². The van der Waals surface area contributed by atoms with Gasteiger partial charge in [0.05, 0.1) is 12.1 Å². The maximum atomic E-state index is 11.1. The quantitative estimate of drug-likeness (QED) is 0.212. The number of fused-ring (bicyclic) bond motifs is 1. The summed E-state index contributed by atoms with van der Waals surface area (Å²) in [6.45, 7) is 8.72. The molecule has 0 aliphatic rings. The summed E-state index contributed by atoms with van der Waals surface area (Å²) in [5.41, 5.74) is 7.85. The third-order valence-electron chi connectivity index (χ3n) is 5.71. The molecule has 5 nitrogen and oxygen atoms in total. The maximum absolute atomic E-state index is 11.1. The van der Waals surface area contributed by atoms with Gasteiger partial charge in [0.1, 0.15) is 0 Å². The van der Waals surface area contributed by atoms with Crippen LogP contribution in [-0.2, 0) is 6.54 Å². The fraction of sp³-hybridized carbons (Fsp3) is 0.192. The van der Waals surface area contributed by atoms with Gasteiger partial charge < -0.3 is 15.0 Å². The van der Waals surface area contributed by atoms with Crippen LogP contribution in [-0.4, -0.2) is 14.8 Å². The van der Waals surface area contributed by atoms with Gasteiger partial charge in [0.2, 0.25) is 11.0 Å². The molecule has 0 spiro atoms. The molecule has 0 saturated heterocycles. The first kappa shape index (κ1) is 23.1. The van der Waals surface area contributed by atoms with Crippen molar-refractivity contribution in [3.8, 4) is 5.88 Å². The second-order valence-electron chi connectivity index (χ2n) is 8.25. The van der Waals surface area contributed by atoms with Crippen LogP contribution in [0, 0.1) is 27.7 Å². The van der Waals surface area contributed by atoms with Crippen LogP contribution >= 0.6 is 28.1 Å². The zero-order valence-electron chi connectivity index (χ0n) is 19.0. The molecule has 0 amide bonds. The number of nitrogens with one attached hydrogen (secondary N) is 1. The number of hydrogen-bond donors (Lipinski definition) is 2. The van der Waals surface area contributed by atoms with E-state index in [9.17, 15) is 5.11 Å². The normalized spacial score (nSPS) is 11.4. The lowest BCUT2D eigenvalue weighted by Crippen LogP contribution is -2.08. The molecule has 0 fully saturated rings. The number of anilines is 1. The van der Waals surface area contributed by atoms with Crippen LogP contribution in [0.5, 0.6) is 5.88 Å². The van der Waals surface area contributed by atoms with Crippen molar-refractivity contribution in [3.63, 3.8) is 0 Å². The first-order chi connectivity index (χ1) is 15.7. The molecular weight excluding hydrogens is 496 g/mol. The molecule has 1 aromatic heterocycles. The first-order valence-corrected chi connectivity index (χ1v) is 11.8. The number of aryl methyl sites for hydroxylation is 4. The molecule has 0 bridgehead atoms. The zero-order chi connectivity index (χ0) is 23.7. The van der Waals surface area contributed by atoms with Gasteiger partial charge in [-0.25, -0.2) is 0 Å². The molecule has 2 N–H and O–H groups in total. The van der Waals surface area contributed by atoms with Gasteiger partial charge in [-0.1, -0.05) is 57.9 Å². The van der Waals surface area contributed by atoms with Crippen molar-refractivity contribution in [2.45, 2.75) is 34.2 Å². The van der Waals surface area contributed by atoms with Crippen LogP contribution in [0.1, 0.15) is 27.8 Å². The number of halogens is 1. The molecule has 0 radical (unpaired) electrons. The maximum Gasteiger partial charge on any atom is 0.221 e. The standard InChI is InChI=1S/C26H25BrN4OS/c1-15-11-17(3)23(18(4)12-15)28-26(33)30-29-24-21-13-20(27)9-10-22(21)31(25(24)32)14-19-8-6-5-7-16(19)2/h5-13,32H,14H2,1-4H3,(H,28,33). The minimum atomic E-state index is 0.0561. The summed E-state index contributed by atoms with van der Waals surface area (Å²) in [6.07, 6.45) is 0. The Balaban J connectivity index is 1.70. The van der Waals surface area contributed by atoms with Crippen LogP contribution in [0.25, 0.3) is 10.9 Å². The van der Waals surface area contributed by atoms with E-state index < -0.39 is 0 Å². The summed E-state index contributed by atoms with van der Waals surface area (Å²) in [5.74, 6) is 0.0561. The van der Waals surface area contributed by atoms with Gasteiger partial charge in [0.15, 0.2) is 5.69 Å². The second-order valence-corrected chi connectivity index (χ2v) is 9.55. The average Bonchev–Trinajstić information content (AvgIpc) is 3.01. The van der Waals surface area contributed by atoms with Gasteiger partial charge >= 0.3 is 0 Å². The van der Waals surface area contributed by atoms with E-state index in [1.165, 1.54) is 5.56 Å². The third-order valence-corrected chi connectivity index (χ3v) is 6.39. The molecule has 4 rings (SSSR count). The van der Waals surface area contributed by atoms with Crippen LogP contribution in [0.15, 0.2) is 69.3 Å². The Kier molecular flexibility index (Phi) is 6.63. The van der Waals surface area contributed by atoms with E-state index in [0.717, 1.165) is 43.3 Å². The Bertz CT molecular complexity index is 1380. The number of aromatic hydroxyl groups is 1. The summed E-state index contributed by atoms with van der Waals surface area (Å²) in [6, 6.07) is 18.2. The zero-order valence-corrected chi connectivity index (χ0v) is 21.4. The Labute approximate surface area is 207 Å². The summed E-state index contributed by atoms with van der Waals surface area (Å²) >= 11 is 8.96. The van der Waals surface area contributed by atoms with E-state index >= 15 is 0 Å².